The van der Waals surface area contributed by atoms with Gasteiger partial charge in [0.05, 0.1) is 14.2 Å². The van der Waals surface area contributed by atoms with Crippen molar-refractivity contribution in [2.45, 2.75) is 6.42 Å². The SMILES string of the molecule is COc1cc(/C=C/C(=O)NCCc2cccs2)cc(OC)c1. The average Bonchev–Trinajstić information content (AvgIpc) is 3.06. The molecule has 116 valence electrons. The standard InChI is InChI=1S/C17H19NO3S/c1-20-14-10-13(11-15(12-14)21-2)5-6-17(19)18-8-7-16-4-3-9-22-16/h3-6,9-12H,7-8H2,1-2H3,(H,18,19)/b6-5+. The monoisotopic (exact) mass is 317 g/mol. The highest BCUT2D eigenvalue weighted by atomic mass is 32.1. The molecule has 5 heteroatoms. The number of thiophene rings is 1. The van der Waals surface area contributed by atoms with Crippen molar-refractivity contribution in [1.82, 2.24) is 5.32 Å². The number of rotatable bonds is 7. The van der Waals surface area contributed by atoms with Gasteiger partial charge in [0.1, 0.15) is 11.5 Å². The number of nitrogens with one attached hydrogen (secondary N) is 1. The third kappa shape index (κ3) is 4.93. The highest BCUT2D eigenvalue weighted by Gasteiger charge is 2.01. The van der Waals surface area contributed by atoms with Gasteiger partial charge in [-0.25, -0.2) is 0 Å². The summed E-state index contributed by atoms with van der Waals surface area (Å²) in [5.74, 6) is 1.27. The third-order valence-corrected chi connectivity index (χ3v) is 3.99. The smallest absolute Gasteiger partial charge is 0.244 e. The maximum atomic E-state index is 11.8. The van der Waals surface area contributed by atoms with Crippen molar-refractivity contribution >= 4 is 23.3 Å². The zero-order chi connectivity index (χ0) is 15.8. The van der Waals surface area contributed by atoms with E-state index in [1.54, 1.807) is 37.7 Å². The first-order valence-corrected chi connectivity index (χ1v) is 7.80. The minimum Gasteiger partial charge on any atom is -0.497 e. The molecule has 0 saturated heterocycles. The number of hydrogen-bond donors (Lipinski definition) is 1. The Morgan fingerprint density at radius 2 is 1.95 bits per heavy atom. The highest BCUT2D eigenvalue weighted by molar-refractivity contribution is 7.09. The number of benzene rings is 1. The van der Waals surface area contributed by atoms with E-state index in [1.807, 2.05) is 23.6 Å². The van der Waals surface area contributed by atoms with E-state index in [9.17, 15) is 4.79 Å². The number of amides is 1. The summed E-state index contributed by atoms with van der Waals surface area (Å²) in [5, 5.41) is 4.90. The van der Waals surface area contributed by atoms with Crippen molar-refractivity contribution < 1.29 is 14.3 Å². The van der Waals surface area contributed by atoms with Gasteiger partial charge < -0.3 is 14.8 Å². The second-order valence-electron chi connectivity index (χ2n) is 4.60. The van der Waals surface area contributed by atoms with Crippen LogP contribution in [0.25, 0.3) is 6.08 Å². The normalized spacial score (nSPS) is 10.6. The van der Waals surface area contributed by atoms with E-state index in [2.05, 4.69) is 11.4 Å². The van der Waals surface area contributed by atoms with Crippen molar-refractivity contribution in [1.29, 1.82) is 0 Å². The van der Waals surface area contributed by atoms with Crippen LogP contribution in [0.5, 0.6) is 11.5 Å². The number of hydrogen-bond acceptors (Lipinski definition) is 4. The Balaban J connectivity index is 1.88. The van der Waals surface area contributed by atoms with E-state index in [0.717, 1.165) is 12.0 Å². The maximum absolute atomic E-state index is 11.8. The Hall–Kier alpha value is -2.27. The molecule has 0 bridgehead atoms. The molecule has 0 spiro atoms. The third-order valence-electron chi connectivity index (χ3n) is 3.05. The lowest BCUT2D eigenvalue weighted by Gasteiger charge is -2.05. The molecular weight excluding hydrogens is 298 g/mol. The van der Waals surface area contributed by atoms with Gasteiger partial charge in [0.15, 0.2) is 0 Å². The van der Waals surface area contributed by atoms with Crippen LogP contribution in [0.4, 0.5) is 0 Å². The predicted octanol–water partition coefficient (Wildman–Crippen LogP) is 3.14. The molecule has 22 heavy (non-hydrogen) atoms. The molecule has 0 aliphatic rings. The lowest BCUT2D eigenvalue weighted by atomic mass is 10.2. The molecule has 0 aliphatic heterocycles. The first-order chi connectivity index (χ1) is 10.7. The predicted molar refractivity (Wildman–Crippen MR) is 89.6 cm³/mol. The fourth-order valence-electron chi connectivity index (χ4n) is 1.92. The Bertz CT molecular complexity index is 613. The number of ether oxygens (including phenoxy) is 2. The molecule has 1 aromatic carbocycles. The second-order valence-corrected chi connectivity index (χ2v) is 5.63. The number of methoxy groups -OCH3 is 2. The number of carbonyl (C=O) groups is 1. The summed E-state index contributed by atoms with van der Waals surface area (Å²) in [6.45, 7) is 0.630. The van der Waals surface area contributed by atoms with Crippen molar-refractivity contribution in [3.05, 3.63) is 52.2 Å². The van der Waals surface area contributed by atoms with Crippen LogP contribution in [0.3, 0.4) is 0 Å². The van der Waals surface area contributed by atoms with Gasteiger partial charge in [-0.05, 0) is 41.6 Å². The zero-order valence-corrected chi connectivity index (χ0v) is 13.5. The van der Waals surface area contributed by atoms with Crippen LogP contribution in [-0.2, 0) is 11.2 Å². The van der Waals surface area contributed by atoms with Crippen LogP contribution in [0, 0.1) is 0 Å². The van der Waals surface area contributed by atoms with Gasteiger partial charge in [-0.1, -0.05) is 6.07 Å². The van der Waals surface area contributed by atoms with Crippen LogP contribution < -0.4 is 14.8 Å². The highest BCUT2D eigenvalue weighted by Crippen LogP contribution is 2.23. The number of carbonyl (C=O) groups excluding carboxylic acids is 1. The minimum absolute atomic E-state index is 0.113. The molecule has 2 rings (SSSR count). The van der Waals surface area contributed by atoms with Crippen LogP contribution in [0.15, 0.2) is 41.8 Å². The van der Waals surface area contributed by atoms with Crippen LogP contribution >= 0.6 is 11.3 Å². The van der Waals surface area contributed by atoms with Gasteiger partial charge in [-0.15, -0.1) is 11.3 Å². The lowest BCUT2D eigenvalue weighted by molar-refractivity contribution is -0.116. The van der Waals surface area contributed by atoms with Gasteiger partial charge in [-0.2, -0.15) is 0 Å². The Kier molecular flexibility index (Phi) is 6.03. The fourth-order valence-corrected chi connectivity index (χ4v) is 2.63. The molecule has 1 amide bonds. The van der Waals surface area contributed by atoms with Gasteiger partial charge >= 0.3 is 0 Å². The van der Waals surface area contributed by atoms with E-state index in [-0.39, 0.29) is 5.91 Å². The van der Waals surface area contributed by atoms with Crippen molar-refractivity contribution in [2.24, 2.45) is 0 Å². The molecule has 2 aromatic rings. The lowest BCUT2D eigenvalue weighted by Crippen LogP contribution is -2.23. The molecular formula is C17H19NO3S. The maximum Gasteiger partial charge on any atom is 0.244 e. The van der Waals surface area contributed by atoms with Gasteiger partial charge in [0, 0.05) is 23.6 Å². The molecule has 0 radical (unpaired) electrons. The van der Waals surface area contributed by atoms with Gasteiger partial charge in [0.25, 0.3) is 0 Å². The van der Waals surface area contributed by atoms with E-state index < -0.39 is 0 Å². The summed E-state index contributed by atoms with van der Waals surface area (Å²) < 4.78 is 10.4. The molecule has 4 nitrogen and oxygen atoms in total. The van der Waals surface area contributed by atoms with Gasteiger partial charge in [-0.3, -0.25) is 4.79 Å². The van der Waals surface area contributed by atoms with E-state index in [0.29, 0.717) is 18.0 Å². The minimum atomic E-state index is -0.113. The second kappa shape index (κ2) is 8.24. The first-order valence-electron chi connectivity index (χ1n) is 6.92. The molecule has 0 unspecified atom stereocenters. The molecule has 1 N–H and O–H groups in total. The van der Waals surface area contributed by atoms with Gasteiger partial charge in [0.2, 0.25) is 5.91 Å². The van der Waals surface area contributed by atoms with Crippen molar-refractivity contribution in [2.75, 3.05) is 20.8 Å². The molecule has 0 atom stereocenters. The first kappa shape index (κ1) is 16.1. The molecule has 1 heterocycles. The Morgan fingerprint density at radius 1 is 1.23 bits per heavy atom. The zero-order valence-electron chi connectivity index (χ0n) is 12.7. The topological polar surface area (TPSA) is 47.6 Å². The summed E-state index contributed by atoms with van der Waals surface area (Å²) in [5.41, 5.74) is 0.851. The molecule has 0 fully saturated rings. The summed E-state index contributed by atoms with van der Waals surface area (Å²) in [7, 11) is 3.19. The van der Waals surface area contributed by atoms with Crippen molar-refractivity contribution in [3.63, 3.8) is 0 Å². The van der Waals surface area contributed by atoms with Crippen LogP contribution in [0.2, 0.25) is 0 Å². The molecule has 0 aliphatic carbocycles. The van der Waals surface area contributed by atoms with Crippen LogP contribution in [0.1, 0.15) is 10.4 Å². The van der Waals surface area contributed by atoms with E-state index >= 15 is 0 Å². The largest absolute Gasteiger partial charge is 0.497 e. The summed E-state index contributed by atoms with van der Waals surface area (Å²) in [4.78, 5) is 13.1. The Morgan fingerprint density at radius 3 is 2.55 bits per heavy atom. The summed E-state index contributed by atoms with van der Waals surface area (Å²) >= 11 is 1.70. The van der Waals surface area contributed by atoms with Crippen LogP contribution in [-0.4, -0.2) is 26.7 Å². The quantitative estimate of drug-likeness (QED) is 0.798. The fraction of sp³-hybridized carbons (Fsp3) is 0.235. The van der Waals surface area contributed by atoms with E-state index in [4.69, 9.17) is 9.47 Å². The molecule has 0 saturated carbocycles. The summed E-state index contributed by atoms with van der Waals surface area (Å²) in [6.07, 6.45) is 4.11. The molecule has 1 aromatic heterocycles. The van der Waals surface area contributed by atoms with E-state index in [1.165, 1.54) is 11.0 Å². The van der Waals surface area contributed by atoms with Crippen molar-refractivity contribution in [3.8, 4) is 11.5 Å². The Labute approximate surface area is 134 Å². The summed E-state index contributed by atoms with van der Waals surface area (Å²) in [6, 6.07) is 9.56. The average molecular weight is 317 g/mol.